The van der Waals surface area contributed by atoms with Crippen LogP contribution in [0.25, 0.3) is 11.0 Å². The van der Waals surface area contributed by atoms with Gasteiger partial charge in [0.25, 0.3) is 0 Å². The summed E-state index contributed by atoms with van der Waals surface area (Å²) in [5.41, 5.74) is 1.91. The molecule has 0 fully saturated rings. The summed E-state index contributed by atoms with van der Waals surface area (Å²) in [6.07, 6.45) is -0.584. The second kappa shape index (κ2) is 4.39. The minimum absolute atomic E-state index is 0.584. The largest absolute Gasteiger partial charge is 0.385 e. The monoisotopic (exact) mass is 280 g/mol. The number of rotatable bonds is 3. The van der Waals surface area contributed by atoms with Gasteiger partial charge in [-0.3, -0.25) is 0 Å². The van der Waals surface area contributed by atoms with E-state index >= 15 is 0 Å². The molecule has 0 aliphatic heterocycles. The molecule has 16 heavy (non-hydrogen) atoms. The van der Waals surface area contributed by atoms with Gasteiger partial charge in [-0.05, 0) is 19.1 Å². The first-order chi connectivity index (χ1) is 7.59. The van der Waals surface area contributed by atoms with Gasteiger partial charge in [0.1, 0.15) is 11.9 Å². The van der Waals surface area contributed by atoms with Gasteiger partial charge >= 0.3 is 0 Å². The standard InChI is InChI=1S/C12H13BrN2O/c1-8(13)7-15-11-6-4-3-5-10(11)14-12(15)9(2)16/h3-6,9,16H,1,7H2,2H3. The molecule has 0 aliphatic rings. The van der Waals surface area contributed by atoms with Gasteiger partial charge in [-0.2, -0.15) is 0 Å². The maximum Gasteiger partial charge on any atom is 0.138 e. The lowest BCUT2D eigenvalue weighted by atomic mass is 10.3. The molecule has 2 aromatic rings. The summed E-state index contributed by atoms with van der Waals surface area (Å²) in [4.78, 5) is 4.42. The van der Waals surface area contributed by atoms with E-state index in [1.807, 2.05) is 28.8 Å². The maximum absolute atomic E-state index is 9.69. The number of para-hydroxylation sites is 2. The van der Waals surface area contributed by atoms with E-state index in [4.69, 9.17) is 0 Å². The lowest BCUT2D eigenvalue weighted by Gasteiger charge is -2.09. The van der Waals surface area contributed by atoms with Crippen LogP contribution in [0.15, 0.2) is 35.3 Å². The highest BCUT2D eigenvalue weighted by atomic mass is 79.9. The van der Waals surface area contributed by atoms with Gasteiger partial charge in [-0.1, -0.05) is 34.6 Å². The number of aromatic nitrogens is 2. The van der Waals surface area contributed by atoms with E-state index in [9.17, 15) is 5.11 Å². The van der Waals surface area contributed by atoms with Crippen molar-refractivity contribution in [2.24, 2.45) is 0 Å². The minimum Gasteiger partial charge on any atom is -0.385 e. The summed E-state index contributed by atoms with van der Waals surface area (Å²) in [6, 6.07) is 7.83. The van der Waals surface area contributed by atoms with E-state index in [1.165, 1.54) is 0 Å². The number of hydrogen-bond acceptors (Lipinski definition) is 2. The number of fused-ring (bicyclic) bond motifs is 1. The first-order valence-corrected chi connectivity index (χ1v) is 5.85. The Labute approximate surface area is 103 Å². The van der Waals surface area contributed by atoms with Crippen molar-refractivity contribution in [2.45, 2.75) is 19.6 Å². The summed E-state index contributed by atoms with van der Waals surface area (Å²) < 4.78 is 2.83. The van der Waals surface area contributed by atoms with Crippen LogP contribution in [0, 0.1) is 0 Å². The van der Waals surface area contributed by atoms with Crippen molar-refractivity contribution in [3.8, 4) is 0 Å². The lowest BCUT2D eigenvalue weighted by Crippen LogP contribution is -2.06. The second-order valence-electron chi connectivity index (χ2n) is 3.74. The van der Waals surface area contributed by atoms with Crippen molar-refractivity contribution < 1.29 is 5.11 Å². The average Bonchev–Trinajstić information content (AvgIpc) is 2.57. The van der Waals surface area contributed by atoms with Crippen molar-refractivity contribution in [1.29, 1.82) is 0 Å². The fourth-order valence-corrected chi connectivity index (χ4v) is 2.00. The van der Waals surface area contributed by atoms with Gasteiger partial charge in [0.05, 0.1) is 17.6 Å². The van der Waals surface area contributed by atoms with Crippen molar-refractivity contribution in [3.05, 3.63) is 41.2 Å². The summed E-state index contributed by atoms with van der Waals surface area (Å²) >= 11 is 3.34. The zero-order valence-electron chi connectivity index (χ0n) is 9.02. The van der Waals surface area contributed by atoms with Gasteiger partial charge in [-0.15, -0.1) is 0 Å². The first kappa shape index (κ1) is 11.4. The third kappa shape index (κ3) is 2.03. The number of benzene rings is 1. The van der Waals surface area contributed by atoms with E-state index < -0.39 is 6.10 Å². The Hall–Kier alpha value is -1.13. The molecule has 4 heteroatoms. The maximum atomic E-state index is 9.69. The molecule has 0 radical (unpaired) electrons. The van der Waals surface area contributed by atoms with Crippen LogP contribution in [0.5, 0.6) is 0 Å². The molecule has 0 aliphatic carbocycles. The average molecular weight is 281 g/mol. The Morgan fingerprint density at radius 2 is 2.25 bits per heavy atom. The van der Waals surface area contributed by atoms with Crippen LogP contribution in [0.4, 0.5) is 0 Å². The molecule has 1 atom stereocenters. The quantitative estimate of drug-likeness (QED) is 0.939. The van der Waals surface area contributed by atoms with Gasteiger partial charge in [-0.25, -0.2) is 4.98 Å². The Bertz CT molecular complexity index is 531. The number of allylic oxidation sites excluding steroid dienone is 1. The summed E-state index contributed by atoms with van der Waals surface area (Å²) in [5, 5.41) is 9.69. The van der Waals surface area contributed by atoms with Gasteiger partial charge in [0.15, 0.2) is 0 Å². The zero-order valence-corrected chi connectivity index (χ0v) is 10.6. The molecular weight excluding hydrogens is 268 g/mol. The highest BCUT2D eigenvalue weighted by Gasteiger charge is 2.14. The SMILES string of the molecule is C=C(Br)Cn1c(C(C)O)nc2ccccc21. The minimum atomic E-state index is -0.584. The molecule has 1 aromatic carbocycles. The highest BCUT2D eigenvalue weighted by Crippen LogP contribution is 2.22. The zero-order chi connectivity index (χ0) is 11.7. The molecule has 0 saturated carbocycles. The van der Waals surface area contributed by atoms with Crippen LogP contribution in [-0.2, 0) is 6.54 Å². The number of nitrogens with zero attached hydrogens (tertiary/aromatic N) is 2. The molecule has 1 aromatic heterocycles. The van der Waals surface area contributed by atoms with Crippen LogP contribution in [0.3, 0.4) is 0 Å². The van der Waals surface area contributed by atoms with Gasteiger partial charge in [0.2, 0.25) is 0 Å². The number of imidazole rings is 1. The smallest absolute Gasteiger partial charge is 0.138 e. The molecule has 84 valence electrons. The van der Waals surface area contributed by atoms with Gasteiger partial charge < -0.3 is 9.67 Å². The van der Waals surface area contributed by atoms with Crippen molar-refractivity contribution in [2.75, 3.05) is 0 Å². The predicted octanol–water partition coefficient (Wildman–Crippen LogP) is 3.00. The third-order valence-corrected chi connectivity index (χ3v) is 2.64. The number of aliphatic hydroxyl groups excluding tert-OH is 1. The van der Waals surface area contributed by atoms with E-state index in [0.29, 0.717) is 12.4 Å². The fourth-order valence-electron chi connectivity index (χ4n) is 1.75. The molecule has 0 bridgehead atoms. The summed E-state index contributed by atoms with van der Waals surface area (Å²) in [5.74, 6) is 0.668. The summed E-state index contributed by atoms with van der Waals surface area (Å²) in [7, 11) is 0. The van der Waals surface area contributed by atoms with Crippen LogP contribution in [0.1, 0.15) is 18.9 Å². The number of hydrogen-bond donors (Lipinski definition) is 1. The predicted molar refractivity (Wildman–Crippen MR) is 68.4 cm³/mol. The van der Waals surface area contributed by atoms with Crippen molar-refractivity contribution in [3.63, 3.8) is 0 Å². The molecule has 1 heterocycles. The fraction of sp³-hybridized carbons (Fsp3) is 0.250. The molecule has 2 rings (SSSR count). The van der Waals surface area contributed by atoms with Crippen LogP contribution < -0.4 is 0 Å². The summed E-state index contributed by atoms with van der Waals surface area (Å²) in [6.45, 7) is 6.15. The third-order valence-electron chi connectivity index (χ3n) is 2.39. The van der Waals surface area contributed by atoms with Crippen LogP contribution in [0.2, 0.25) is 0 Å². The molecule has 1 unspecified atom stereocenters. The Morgan fingerprint density at radius 1 is 1.56 bits per heavy atom. The van der Waals surface area contributed by atoms with Crippen molar-refractivity contribution >= 4 is 27.0 Å². The molecule has 1 N–H and O–H groups in total. The molecular formula is C12H13BrN2O. The number of aliphatic hydroxyl groups is 1. The van der Waals surface area contributed by atoms with Crippen LogP contribution in [-0.4, -0.2) is 14.7 Å². The lowest BCUT2D eigenvalue weighted by molar-refractivity contribution is 0.185. The normalized spacial score (nSPS) is 12.9. The molecule has 0 spiro atoms. The van der Waals surface area contributed by atoms with E-state index in [0.717, 1.165) is 15.5 Å². The second-order valence-corrected chi connectivity index (χ2v) is 4.86. The Kier molecular flexibility index (Phi) is 3.12. The van der Waals surface area contributed by atoms with E-state index in [-0.39, 0.29) is 0 Å². The molecule has 0 amide bonds. The molecule has 0 saturated heterocycles. The Balaban J connectivity index is 2.64. The van der Waals surface area contributed by atoms with Crippen LogP contribution >= 0.6 is 15.9 Å². The van der Waals surface area contributed by atoms with E-state index in [2.05, 4.69) is 27.5 Å². The topological polar surface area (TPSA) is 38.0 Å². The highest BCUT2D eigenvalue weighted by molar-refractivity contribution is 9.11. The molecule has 3 nitrogen and oxygen atoms in total. The van der Waals surface area contributed by atoms with E-state index in [1.54, 1.807) is 6.92 Å². The number of halogens is 1. The Morgan fingerprint density at radius 3 is 2.88 bits per heavy atom. The van der Waals surface area contributed by atoms with Crippen molar-refractivity contribution in [1.82, 2.24) is 9.55 Å². The van der Waals surface area contributed by atoms with Gasteiger partial charge in [0, 0.05) is 4.48 Å². The first-order valence-electron chi connectivity index (χ1n) is 5.06.